The van der Waals surface area contributed by atoms with Crippen molar-refractivity contribution in [2.45, 2.75) is 24.9 Å². The fourth-order valence-electron chi connectivity index (χ4n) is 4.12. The highest BCUT2D eigenvalue weighted by Crippen LogP contribution is 2.32. The molecule has 6 nitrogen and oxygen atoms in total. The van der Waals surface area contributed by atoms with Gasteiger partial charge in [-0.05, 0) is 61.2 Å². The predicted molar refractivity (Wildman–Crippen MR) is 138 cm³/mol. The van der Waals surface area contributed by atoms with Crippen molar-refractivity contribution < 1.29 is 9.18 Å². The number of thioether (sulfide) groups is 1. The van der Waals surface area contributed by atoms with Crippen LogP contribution in [0.4, 0.5) is 15.8 Å². The molecule has 1 aliphatic heterocycles. The number of fused-ring (bicyclic) bond motifs is 1. The zero-order valence-corrected chi connectivity index (χ0v) is 20.2. The number of aromatic amines is 1. The van der Waals surface area contributed by atoms with Crippen LogP contribution in [0.3, 0.4) is 0 Å². The zero-order chi connectivity index (χ0) is 23.7. The molecule has 0 radical (unpaired) electrons. The Morgan fingerprint density at radius 1 is 1.21 bits per heavy atom. The van der Waals surface area contributed by atoms with E-state index in [0.29, 0.717) is 15.4 Å². The molecule has 34 heavy (non-hydrogen) atoms. The molecule has 1 fully saturated rings. The van der Waals surface area contributed by atoms with Gasteiger partial charge in [0.05, 0.1) is 11.1 Å². The van der Waals surface area contributed by atoms with E-state index in [2.05, 4.69) is 26.3 Å². The average Bonchev–Trinajstić information content (AvgIpc) is 3.50. The van der Waals surface area contributed by atoms with Crippen molar-refractivity contribution >= 4 is 50.6 Å². The number of nitrogens with one attached hydrogen (secondary N) is 2. The standard InChI is InChI=1S/C25H23FN4O2S2/c1-15-12-18(30-10-2-3-11-30)8-9-20(15)27-21(31)14-34-25-28-23(32)22-19(13-33-24(22)29-25)16-4-6-17(26)7-5-16/h4-9,12-13H,2-3,10-11,14H2,1H3,(H,27,31)(H,28,29,32). The SMILES string of the molecule is Cc1cc(N2CCCC2)ccc1NC(=O)CSc1nc2scc(-c3ccc(F)cc3)c2c(=O)[nH]1. The van der Waals surface area contributed by atoms with Gasteiger partial charge in [0.1, 0.15) is 10.6 Å². The molecule has 174 valence electrons. The van der Waals surface area contributed by atoms with E-state index >= 15 is 0 Å². The fraction of sp³-hybridized carbons (Fsp3) is 0.240. The lowest BCUT2D eigenvalue weighted by Gasteiger charge is -2.19. The number of anilines is 2. The first-order valence-electron chi connectivity index (χ1n) is 11.0. The molecule has 0 atom stereocenters. The second-order valence-corrected chi connectivity index (χ2v) is 10.1. The van der Waals surface area contributed by atoms with Gasteiger partial charge in [-0.15, -0.1) is 11.3 Å². The number of thiophene rings is 1. The molecule has 9 heteroatoms. The van der Waals surface area contributed by atoms with E-state index in [-0.39, 0.29) is 23.0 Å². The average molecular weight is 495 g/mol. The van der Waals surface area contributed by atoms with E-state index < -0.39 is 0 Å². The molecule has 1 aliphatic rings. The maximum absolute atomic E-state index is 13.3. The van der Waals surface area contributed by atoms with Gasteiger partial charge in [-0.25, -0.2) is 9.37 Å². The number of hydrogen-bond donors (Lipinski definition) is 2. The van der Waals surface area contributed by atoms with Crippen LogP contribution in [0.25, 0.3) is 21.3 Å². The summed E-state index contributed by atoms with van der Waals surface area (Å²) in [4.78, 5) is 35.5. The molecule has 0 aliphatic carbocycles. The first kappa shape index (κ1) is 22.6. The summed E-state index contributed by atoms with van der Waals surface area (Å²) in [5, 5.41) is 5.66. The highest BCUT2D eigenvalue weighted by atomic mass is 32.2. The number of halogens is 1. The van der Waals surface area contributed by atoms with E-state index in [0.717, 1.165) is 35.5 Å². The first-order chi connectivity index (χ1) is 16.5. The van der Waals surface area contributed by atoms with E-state index in [4.69, 9.17) is 0 Å². The summed E-state index contributed by atoms with van der Waals surface area (Å²) in [6.45, 7) is 4.14. The second-order valence-electron chi connectivity index (χ2n) is 8.24. The molecule has 3 heterocycles. The summed E-state index contributed by atoms with van der Waals surface area (Å²) < 4.78 is 13.3. The van der Waals surface area contributed by atoms with Gasteiger partial charge in [-0.3, -0.25) is 9.59 Å². The van der Waals surface area contributed by atoms with Gasteiger partial charge >= 0.3 is 0 Å². The normalized spacial score (nSPS) is 13.5. The number of carbonyl (C=O) groups is 1. The van der Waals surface area contributed by atoms with Gasteiger partial charge < -0.3 is 15.2 Å². The van der Waals surface area contributed by atoms with Gasteiger partial charge in [0.2, 0.25) is 5.91 Å². The van der Waals surface area contributed by atoms with Crippen LogP contribution in [-0.4, -0.2) is 34.7 Å². The number of carbonyl (C=O) groups excluding carboxylic acids is 1. The Morgan fingerprint density at radius 3 is 2.71 bits per heavy atom. The summed E-state index contributed by atoms with van der Waals surface area (Å²) in [6.07, 6.45) is 2.44. The first-order valence-corrected chi connectivity index (χ1v) is 12.9. The van der Waals surface area contributed by atoms with Gasteiger partial charge in [-0.1, -0.05) is 23.9 Å². The fourth-order valence-corrected chi connectivity index (χ4v) is 5.79. The molecule has 0 saturated carbocycles. The molecule has 0 spiro atoms. The summed E-state index contributed by atoms with van der Waals surface area (Å²) in [7, 11) is 0. The molecule has 2 N–H and O–H groups in total. The third-order valence-electron chi connectivity index (χ3n) is 5.87. The van der Waals surface area contributed by atoms with Gasteiger partial charge in [0.15, 0.2) is 5.16 Å². The lowest BCUT2D eigenvalue weighted by molar-refractivity contribution is -0.113. The summed E-state index contributed by atoms with van der Waals surface area (Å²) in [5.41, 5.74) is 4.19. The van der Waals surface area contributed by atoms with Gasteiger partial charge in [-0.2, -0.15) is 0 Å². The number of benzene rings is 2. The Bertz CT molecular complexity index is 1410. The number of aryl methyl sites for hydroxylation is 1. The molecule has 2 aromatic heterocycles. The maximum Gasteiger partial charge on any atom is 0.260 e. The van der Waals surface area contributed by atoms with Crippen LogP contribution in [-0.2, 0) is 4.79 Å². The van der Waals surface area contributed by atoms with Crippen molar-refractivity contribution in [2.24, 2.45) is 0 Å². The second kappa shape index (κ2) is 9.60. The predicted octanol–water partition coefficient (Wildman–Crippen LogP) is 5.43. The van der Waals surface area contributed by atoms with Crippen LogP contribution in [0.5, 0.6) is 0 Å². The number of aromatic nitrogens is 2. The molecular weight excluding hydrogens is 471 g/mol. The third kappa shape index (κ3) is 4.71. The smallest absolute Gasteiger partial charge is 0.260 e. The van der Waals surface area contributed by atoms with Crippen LogP contribution >= 0.6 is 23.1 Å². The lowest BCUT2D eigenvalue weighted by atomic mass is 10.1. The third-order valence-corrected chi connectivity index (χ3v) is 7.62. The lowest BCUT2D eigenvalue weighted by Crippen LogP contribution is -2.19. The van der Waals surface area contributed by atoms with Crippen LogP contribution in [0, 0.1) is 12.7 Å². The van der Waals surface area contributed by atoms with Gasteiger partial charge in [0, 0.05) is 35.4 Å². The van der Waals surface area contributed by atoms with Crippen LogP contribution in [0.1, 0.15) is 18.4 Å². The van der Waals surface area contributed by atoms with E-state index in [1.807, 2.05) is 24.4 Å². The van der Waals surface area contributed by atoms with Gasteiger partial charge in [0.25, 0.3) is 5.56 Å². The molecule has 0 bridgehead atoms. The molecule has 0 unspecified atom stereocenters. The van der Waals surface area contributed by atoms with Crippen molar-refractivity contribution in [3.63, 3.8) is 0 Å². The van der Waals surface area contributed by atoms with Crippen molar-refractivity contribution in [1.29, 1.82) is 0 Å². The minimum atomic E-state index is -0.329. The molecule has 2 aromatic carbocycles. The zero-order valence-electron chi connectivity index (χ0n) is 18.6. The Labute approximate surface area is 204 Å². The molecule has 1 amide bonds. The Balaban J connectivity index is 1.26. The van der Waals surface area contributed by atoms with Crippen molar-refractivity contribution in [3.05, 3.63) is 69.6 Å². The highest BCUT2D eigenvalue weighted by Gasteiger charge is 2.16. The Hall–Kier alpha value is -3.17. The minimum Gasteiger partial charge on any atom is -0.372 e. The van der Waals surface area contributed by atoms with E-state index in [9.17, 15) is 14.0 Å². The number of rotatable bonds is 6. The van der Waals surface area contributed by atoms with Crippen LogP contribution in [0.2, 0.25) is 0 Å². The summed E-state index contributed by atoms with van der Waals surface area (Å²) in [5.74, 6) is -0.370. The van der Waals surface area contributed by atoms with Crippen molar-refractivity contribution in [2.75, 3.05) is 29.1 Å². The van der Waals surface area contributed by atoms with Crippen molar-refractivity contribution in [1.82, 2.24) is 9.97 Å². The van der Waals surface area contributed by atoms with Crippen molar-refractivity contribution in [3.8, 4) is 11.1 Å². The molecular formula is C25H23FN4O2S2. The van der Waals surface area contributed by atoms with E-state index in [1.165, 1.54) is 53.8 Å². The Kier molecular flexibility index (Phi) is 6.38. The number of H-pyrrole nitrogens is 1. The maximum atomic E-state index is 13.3. The summed E-state index contributed by atoms with van der Waals surface area (Å²) in [6, 6.07) is 12.1. The van der Waals surface area contributed by atoms with Crippen LogP contribution < -0.4 is 15.8 Å². The molecule has 1 saturated heterocycles. The highest BCUT2D eigenvalue weighted by molar-refractivity contribution is 7.99. The number of nitrogens with zero attached hydrogens (tertiary/aromatic N) is 2. The van der Waals surface area contributed by atoms with E-state index in [1.54, 1.807) is 12.1 Å². The monoisotopic (exact) mass is 494 g/mol. The quantitative estimate of drug-likeness (QED) is 0.276. The molecule has 4 aromatic rings. The van der Waals surface area contributed by atoms with Crippen LogP contribution in [0.15, 0.2) is 57.8 Å². The molecule has 5 rings (SSSR count). The largest absolute Gasteiger partial charge is 0.372 e. The Morgan fingerprint density at radius 2 is 1.97 bits per heavy atom. The number of hydrogen-bond acceptors (Lipinski definition) is 6. The topological polar surface area (TPSA) is 78.1 Å². The summed E-state index contributed by atoms with van der Waals surface area (Å²) >= 11 is 2.53. The minimum absolute atomic E-state index is 0.123. The number of amides is 1.